The fourth-order valence-electron chi connectivity index (χ4n) is 4.13. The monoisotopic (exact) mass is 442 g/mol. The number of aromatic nitrogens is 2. The Morgan fingerprint density at radius 2 is 1.97 bits per heavy atom. The molecule has 2 aliphatic rings. The Labute approximate surface area is 182 Å². The summed E-state index contributed by atoms with van der Waals surface area (Å²) in [7, 11) is 1.66. The molecule has 4 heterocycles. The first-order valence-corrected chi connectivity index (χ1v) is 11.8. The molecule has 1 atom stereocenters. The quantitative estimate of drug-likeness (QED) is 0.653. The summed E-state index contributed by atoms with van der Waals surface area (Å²) in [5, 5.41) is 2.87. The molecule has 2 aliphatic heterocycles. The normalized spacial score (nSPS) is 17.7. The molecule has 5 rings (SSSR count). The highest BCUT2D eigenvalue weighted by atomic mass is 32.2. The number of carbonyl (C=O) groups is 1. The van der Waals surface area contributed by atoms with Crippen molar-refractivity contribution in [3.63, 3.8) is 0 Å². The van der Waals surface area contributed by atoms with Crippen LogP contribution in [0.15, 0.2) is 39.6 Å². The Morgan fingerprint density at radius 3 is 2.70 bits per heavy atom. The molecule has 1 aromatic carbocycles. The van der Waals surface area contributed by atoms with Crippen LogP contribution >= 0.6 is 23.1 Å². The van der Waals surface area contributed by atoms with Gasteiger partial charge in [-0.3, -0.25) is 19.1 Å². The van der Waals surface area contributed by atoms with Gasteiger partial charge in [-0.25, -0.2) is 4.98 Å². The third-order valence-corrected chi connectivity index (χ3v) is 8.12. The Balaban J connectivity index is 1.51. The molecule has 0 aliphatic carbocycles. The number of amides is 1. The summed E-state index contributed by atoms with van der Waals surface area (Å²) in [6.45, 7) is 2.59. The lowest BCUT2D eigenvalue weighted by molar-refractivity contribution is -0.113. The fraction of sp³-hybridized carbons (Fsp3) is 0.381. The van der Waals surface area contributed by atoms with Crippen molar-refractivity contribution in [3.05, 3.63) is 46.5 Å². The molecule has 1 amide bonds. The summed E-state index contributed by atoms with van der Waals surface area (Å²) >= 11 is 2.89. The van der Waals surface area contributed by atoms with Crippen molar-refractivity contribution in [2.75, 3.05) is 31.3 Å². The first-order valence-electron chi connectivity index (χ1n) is 9.96. The van der Waals surface area contributed by atoms with Gasteiger partial charge in [-0.15, -0.1) is 23.1 Å². The van der Waals surface area contributed by atoms with E-state index >= 15 is 0 Å². The zero-order valence-electron chi connectivity index (χ0n) is 16.6. The van der Waals surface area contributed by atoms with E-state index in [9.17, 15) is 9.59 Å². The highest BCUT2D eigenvalue weighted by Crippen LogP contribution is 2.42. The van der Waals surface area contributed by atoms with E-state index in [2.05, 4.69) is 27.3 Å². The van der Waals surface area contributed by atoms with Crippen LogP contribution in [0.2, 0.25) is 0 Å². The topological polar surface area (TPSA) is 76.5 Å². The molecular weight excluding hydrogens is 420 g/mol. The molecule has 0 radical (unpaired) electrons. The van der Waals surface area contributed by atoms with Gasteiger partial charge in [0.2, 0.25) is 5.91 Å². The zero-order chi connectivity index (χ0) is 20.7. The number of methoxy groups -OCH3 is 1. The Kier molecular flexibility index (Phi) is 5.26. The van der Waals surface area contributed by atoms with Gasteiger partial charge in [0.05, 0.1) is 35.1 Å². The summed E-state index contributed by atoms with van der Waals surface area (Å²) in [5.74, 6) is 1.15. The summed E-state index contributed by atoms with van der Waals surface area (Å²) < 4.78 is 8.57. The highest BCUT2D eigenvalue weighted by Gasteiger charge is 2.27. The van der Waals surface area contributed by atoms with Crippen LogP contribution in [0, 0.1) is 0 Å². The average Bonchev–Trinajstić information content (AvgIpc) is 3.42. The Morgan fingerprint density at radius 1 is 1.20 bits per heavy atom. The average molecular weight is 443 g/mol. The largest absolute Gasteiger partial charge is 0.497 e. The number of benzene rings is 1. The van der Waals surface area contributed by atoms with E-state index in [0.29, 0.717) is 28.2 Å². The van der Waals surface area contributed by atoms with E-state index in [1.54, 1.807) is 18.0 Å². The molecule has 2 aromatic heterocycles. The molecule has 0 saturated carbocycles. The van der Waals surface area contributed by atoms with E-state index in [4.69, 9.17) is 4.74 Å². The molecule has 1 fully saturated rings. The van der Waals surface area contributed by atoms with Crippen LogP contribution in [-0.2, 0) is 11.3 Å². The zero-order valence-corrected chi connectivity index (χ0v) is 18.2. The molecule has 0 bridgehead atoms. The second kappa shape index (κ2) is 8.05. The van der Waals surface area contributed by atoms with Crippen LogP contribution in [0.5, 0.6) is 5.75 Å². The van der Waals surface area contributed by atoms with Crippen molar-refractivity contribution in [1.29, 1.82) is 0 Å². The number of hydrogen-bond acceptors (Lipinski definition) is 7. The molecular formula is C21H22N4O3S2. The van der Waals surface area contributed by atoms with E-state index in [-0.39, 0.29) is 17.5 Å². The highest BCUT2D eigenvalue weighted by molar-refractivity contribution is 8.02. The predicted octanol–water partition coefficient (Wildman–Crippen LogP) is 3.35. The standard InChI is InChI=1S/C21H22N4O3S2/c1-28-14-6-4-13(5-7-14)15(24-8-2-3-9-24)10-25-12-22-17-18-21(29-11-16(26)23-18)30-19(17)20(25)27/h4-7,12,15H,2-3,8-11H2,1H3,(H,23,26). The van der Waals surface area contributed by atoms with Crippen LogP contribution in [0.3, 0.4) is 0 Å². The van der Waals surface area contributed by atoms with E-state index < -0.39 is 0 Å². The van der Waals surface area contributed by atoms with Crippen molar-refractivity contribution in [3.8, 4) is 5.75 Å². The van der Waals surface area contributed by atoms with Crippen molar-refractivity contribution in [1.82, 2.24) is 14.5 Å². The maximum atomic E-state index is 13.3. The van der Waals surface area contributed by atoms with Crippen LogP contribution in [-0.4, -0.2) is 46.3 Å². The van der Waals surface area contributed by atoms with Gasteiger partial charge in [-0.05, 0) is 43.6 Å². The van der Waals surface area contributed by atoms with Gasteiger partial charge >= 0.3 is 0 Å². The van der Waals surface area contributed by atoms with Gasteiger partial charge in [0, 0.05) is 6.54 Å². The minimum absolute atomic E-state index is 0.0491. The van der Waals surface area contributed by atoms with Crippen molar-refractivity contribution < 1.29 is 9.53 Å². The molecule has 7 nitrogen and oxygen atoms in total. The van der Waals surface area contributed by atoms with Crippen LogP contribution in [0.25, 0.3) is 10.2 Å². The number of nitrogens with one attached hydrogen (secondary N) is 1. The number of thioether (sulfide) groups is 1. The molecule has 1 N–H and O–H groups in total. The Bertz CT molecular complexity index is 1150. The summed E-state index contributed by atoms with van der Waals surface area (Å²) in [5.41, 5.74) is 2.40. The van der Waals surface area contributed by atoms with Gasteiger partial charge in [-0.2, -0.15) is 0 Å². The van der Waals surface area contributed by atoms with Gasteiger partial charge in [0.15, 0.2) is 0 Å². The predicted molar refractivity (Wildman–Crippen MR) is 120 cm³/mol. The van der Waals surface area contributed by atoms with Crippen molar-refractivity contribution in [2.45, 2.75) is 29.6 Å². The number of fused-ring (bicyclic) bond motifs is 3. The van der Waals surface area contributed by atoms with Crippen molar-refractivity contribution >= 4 is 44.9 Å². The maximum absolute atomic E-state index is 13.3. The number of anilines is 1. The third kappa shape index (κ3) is 3.51. The van der Waals surface area contributed by atoms with E-state index in [0.717, 1.165) is 28.6 Å². The van der Waals surface area contributed by atoms with E-state index in [1.807, 2.05) is 12.1 Å². The SMILES string of the molecule is COc1ccc(C(Cn2cnc3c4c(sc3c2=O)SCC(=O)N4)N2CCCC2)cc1. The lowest BCUT2D eigenvalue weighted by Gasteiger charge is -2.28. The third-order valence-electron chi connectivity index (χ3n) is 5.68. The smallest absolute Gasteiger partial charge is 0.271 e. The molecule has 0 spiro atoms. The van der Waals surface area contributed by atoms with Crippen molar-refractivity contribution in [2.24, 2.45) is 0 Å². The molecule has 156 valence electrons. The minimum Gasteiger partial charge on any atom is -0.497 e. The van der Waals surface area contributed by atoms with Crippen LogP contribution < -0.4 is 15.6 Å². The summed E-state index contributed by atoms with van der Waals surface area (Å²) in [4.78, 5) is 32.0. The number of hydrogen-bond donors (Lipinski definition) is 1. The van der Waals surface area contributed by atoms with Crippen LogP contribution in [0.4, 0.5) is 5.69 Å². The van der Waals surface area contributed by atoms with Gasteiger partial charge < -0.3 is 10.1 Å². The number of carbonyl (C=O) groups excluding carboxylic acids is 1. The first-order chi connectivity index (χ1) is 14.6. The van der Waals surface area contributed by atoms with Gasteiger partial charge in [0.1, 0.15) is 16.0 Å². The summed E-state index contributed by atoms with van der Waals surface area (Å²) in [6.07, 6.45) is 3.97. The second-order valence-corrected chi connectivity index (χ2v) is 9.78. The van der Waals surface area contributed by atoms with Gasteiger partial charge in [0.25, 0.3) is 5.56 Å². The maximum Gasteiger partial charge on any atom is 0.271 e. The molecule has 30 heavy (non-hydrogen) atoms. The van der Waals surface area contributed by atoms with Gasteiger partial charge in [-0.1, -0.05) is 12.1 Å². The molecule has 1 unspecified atom stereocenters. The lowest BCUT2D eigenvalue weighted by Crippen LogP contribution is -2.32. The summed E-state index contributed by atoms with van der Waals surface area (Å²) in [6, 6.07) is 8.19. The first kappa shape index (κ1) is 19.6. The molecule has 9 heteroatoms. The number of thiophene rings is 1. The number of nitrogens with zero attached hydrogens (tertiary/aromatic N) is 3. The fourth-order valence-corrected chi connectivity index (χ4v) is 6.31. The number of rotatable bonds is 5. The Hall–Kier alpha value is -2.36. The van der Waals surface area contributed by atoms with Crippen LogP contribution in [0.1, 0.15) is 24.4 Å². The molecule has 1 saturated heterocycles. The lowest BCUT2D eigenvalue weighted by atomic mass is 10.1. The number of likely N-dealkylation sites (tertiary alicyclic amines) is 1. The van der Waals surface area contributed by atoms with E-state index in [1.165, 1.54) is 35.9 Å². The molecule has 3 aromatic rings. The number of ether oxygens (including phenoxy) is 1. The second-order valence-electron chi connectivity index (χ2n) is 7.51. The minimum atomic E-state index is -0.0493.